The molecule has 4 nitrogen and oxygen atoms in total. The summed E-state index contributed by atoms with van der Waals surface area (Å²) in [5, 5.41) is 0.657. The molecular weight excluding hydrogens is 238 g/mol. The highest BCUT2D eigenvalue weighted by Crippen LogP contribution is 2.18. The molecule has 17 heavy (non-hydrogen) atoms. The Morgan fingerprint density at radius 3 is 2.94 bits per heavy atom. The Morgan fingerprint density at radius 1 is 1.47 bits per heavy atom. The minimum atomic E-state index is 0.400. The molecular formula is C12H14ClN3O. The molecule has 0 spiro atoms. The van der Waals surface area contributed by atoms with E-state index < -0.39 is 0 Å². The first kappa shape index (κ1) is 12.0. The minimum Gasteiger partial charge on any atom is -0.486 e. The number of hydrogen-bond acceptors (Lipinski definition) is 3. The van der Waals surface area contributed by atoms with Gasteiger partial charge in [-0.3, -0.25) is 0 Å². The lowest BCUT2D eigenvalue weighted by molar-refractivity contribution is 0.291. The summed E-state index contributed by atoms with van der Waals surface area (Å²) in [6, 6.07) is 7.29. The van der Waals surface area contributed by atoms with Crippen molar-refractivity contribution in [3.05, 3.63) is 47.0 Å². The van der Waals surface area contributed by atoms with Crippen LogP contribution in [0.15, 0.2) is 30.5 Å². The van der Waals surface area contributed by atoms with E-state index >= 15 is 0 Å². The maximum Gasteiger partial charge on any atom is 0.146 e. The van der Waals surface area contributed by atoms with Gasteiger partial charge in [0, 0.05) is 24.8 Å². The van der Waals surface area contributed by atoms with Crippen LogP contribution >= 0.6 is 11.6 Å². The largest absolute Gasteiger partial charge is 0.486 e. The number of aromatic nitrogens is 2. The predicted octanol–water partition coefficient (Wildman–Crippen LogP) is 2.11. The van der Waals surface area contributed by atoms with Gasteiger partial charge < -0.3 is 15.0 Å². The van der Waals surface area contributed by atoms with Crippen molar-refractivity contribution in [1.82, 2.24) is 9.55 Å². The van der Waals surface area contributed by atoms with E-state index in [0.29, 0.717) is 18.2 Å². The Bertz CT molecular complexity index is 510. The van der Waals surface area contributed by atoms with Crippen LogP contribution in [0.4, 0.5) is 0 Å². The van der Waals surface area contributed by atoms with E-state index in [9.17, 15) is 0 Å². The van der Waals surface area contributed by atoms with Crippen molar-refractivity contribution < 1.29 is 4.74 Å². The zero-order chi connectivity index (χ0) is 12.3. The molecule has 1 heterocycles. The Hall–Kier alpha value is -1.52. The normalized spacial score (nSPS) is 10.5. The van der Waals surface area contributed by atoms with Gasteiger partial charge in [-0.05, 0) is 18.2 Å². The second-order valence-electron chi connectivity index (χ2n) is 3.71. The second-order valence-corrected chi connectivity index (χ2v) is 4.15. The van der Waals surface area contributed by atoms with Crippen molar-refractivity contribution in [2.75, 3.05) is 0 Å². The molecule has 0 aliphatic carbocycles. The van der Waals surface area contributed by atoms with Crippen molar-refractivity contribution in [3.63, 3.8) is 0 Å². The molecule has 0 fully saturated rings. The highest BCUT2D eigenvalue weighted by molar-refractivity contribution is 6.30. The summed E-state index contributed by atoms with van der Waals surface area (Å²) >= 11 is 5.87. The summed E-state index contributed by atoms with van der Waals surface area (Å²) in [6.07, 6.45) is 1.90. The Kier molecular flexibility index (Phi) is 3.66. The maximum atomic E-state index is 5.87. The highest BCUT2D eigenvalue weighted by Gasteiger charge is 2.05. The number of imidazole rings is 1. The molecule has 0 radical (unpaired) electrons. The fraction of sp³-hybridized carbons (Fsp3) is 0.250. The van der Waals surface area contributed by atoms with Crippen LogP contribution in [0.5, 0.6) is 5.75 Å². The topological polar surface area (TPSA) is 53.1 Å². The standard InChI is InChI=1S/C12H14ClN3O/c1-16-7-10(6-14)15-12(16)8-17-11-4-2-3-9(13)5-11/h2-5,7H,6,8,14H2,1H3. The maximum absolute atomic E-state index is 5.87. The molecule has 0 unspecified atom stereocenters. The van der Waals surface area contributed by atoms with Gasteiger partial charge in [0.2, 0.25) is 0 Å². The minimum absolute atomic E-state index is 0.400. The van der Waals surface area contributed by atoms with E-state index in [-0.39, 0.29) is 0 Å². The molecule has 0 aliphatic heterocycles. The monoisotopic (exact) mass is 251 g/mol. The number of nitrogens with zero attached hydrogens (tertiary/aromatic N) is 2. The van der Waals surface area contributed by atoms with Crippen molar-refractivity contribution >= 4 is 11.6 Å². The Morgan fingerprint density at radius 2 is 2.29 bits per heavy atom. The van der Waals surface area contributed by atoms with Crippen LogP contribution < -0.4 is 10.5 Å². The van der Waals surface area contributed by atoms with Gasteiger partial charge >= 0.3 is 0 Å². The fourth-order valence-corrected chi connectivity index (χ4v) is 1.69. The molecule has 0 aliphatic rings. The highest BCUT2D eigenvalue weighted by atomic mass is 35.5. The molecule has 0 saturated heterocycles. The third kappa shape index (κ3) is 2.99. The first-order chi connectivity index (χ1) is 8.19. The van der Waals surface area contributed by atoms with Crippen LogP contribution in [0, 0.1) is 0 Å². The molecule has 0 bridgehead atoms. The van der Waals surface area contributed by atoms with Crippen LogP contribution in [0.2, 0.25) is 5.02 Å². The zero-order valence-electron chi connectivity index (χ0n) is 9.56. The lowest BCUT2D eigenvalue weighted by atomic mass is 10.3. The summed E-state index contributed by atoms with van der Waals surface area (Å²) in [5.41, 5.74) is 6.38. The molecule has 0 atom stereocenters. The molecule has 2 aromatic rings. The van der Waals surface area contributed by atoms with Gasteiger partial charge in [0.15, 0.2) is 0 Å². The van der Waals surface area contributed by atoms with Gasteiger partial charge in [-0.25, -0.2) is 4.98 Å². The van der Waals surface area contributed by atoms with E-state index in [4.69, 9.17) is 22.1 Å². The third-order valence-electron chi connectivity index (χ3n) is 2.40. The molecule has 1 aromatic heterocycles. The summed E-state index contributed by atoms with van der Waals surface area (Å²) in [4.78, 5) is 4.35. The van der Waals surface area contributed by atoms with Crippen molar-refractivity contribution in [1.29, 1.82) is 0 Å². The molecule has 0 saturated carbocycles. The number of ether oxygens (including phenoxy) is 1. The molecule has 0 amide bonds. The van der Waals surface area contributed by atoms with Gasteiger partial charge in [0.05, 0.1) is 5.69 Å². The average molecular weight is 252 g/mol. The average Bonchev–Trinajstić information content (AvgIpc) is 2.68. The quantitative estimate of drug-likeness (QED) is 0.906. The number of rotatable bonds is 4. The summed E-state index contributed by atoms with van der Waals surface area (Å²) < 4.78 is 7.51. The molecule has 5 heteroatoms. The first-order valence-electron chi connectivity index (χ1n) is 5.28. The SMILES string of the molecule is Cn1cc(CN)nc1COc1cccc(Cl)c1. The van der Waals surface area contributed by atoms with Crippen LogP contribution in [-0.4, -0.2) is 9.55 Å². The van der Waals surface area contributed by atoms with E-state index in [1.165, 1.54) is 0 Å². The lowest BCUT2D eigenvalue weighted by Crippen LogP contribution is -2.03. The number of aryl methyl sites for hydroxylation is 1. The van der Waals surface area contributed by atoms with Crippen LogP contribution in [-0.2, 0) is 20.2 Å². The fourth-order valence-electron chi connectivity index (χ4n) is 1.51. The number of benzene rings is 1. The number of nitrogens with two attached hydrogens (primary N) is 1. The van der Waals surface area contributed by atoms with E-state index in [1.54, 1.807) is 6.07 Å². The van der Waals surface area contributed by atoms with Gasteiger partial charge in [-0.15, -0.1) is 0 Å². The van der Waals surface area contributed by atoms with Crippen LogP contribution in [0.25, 0.3) is 0 Å². The first-order valence-corrected chi connectivity index (χ1v) is 5.66. The summed E-state index contributed by atoms with van der Waals surface area (Å²) in [5.74, 6) is 1.57. The summed E-state index contributed by atoms with van der Waals surface area (Å²) in [6.45, 7) is 0.835. The van der Waals surface area contributed by atoms with Gasteiger partial charge in [0.25, 0.3) is 0 Å². The van der Waals surface area contributed by atoms with Crippen molar-refractivity contribution in [2.45, 2.75) is 13.2 Å². The molecule has 90 valence electrons. The molecule has 1 aromatic carbocycles. The van der Waals surface area contributed by atoms with Gasteiger partial charge in [0.1, 0.15) is 18.2 Å². The van der Waals surface area contributed by atoms with E-state index in [0.717, 1.165) is 17.3 Å². The van der Waals surface area contributed by atoms with Gasteiger partial charge in [-0.1, -0.05) is 17.7 Å². The van der Waals surface area contributed by atoms with Crippen LogP contribution in [0.3, 0.4) is 0 Å². The van der Waals surface area contributed by atoms with Crippen molar-refractivity contribution in [2.24, 2.45) is 12.8 Å². The van der Waals surface area contributed by atoms with E-state index in [1.807, 2.05) is 36.0 Å². The van der Waals surface area contributed by atoms with E-state index in [2.05, 4.69) is 4.98 Å². The second kappa shape index (κ2) is 5.21. The number of halogens is 1. The number of hydrogen-bond donors (Lipinski definition) is 1. The third-order valence-corrected chi connectivity index (χ3v) is 2.63. The Labute approximate surface area is 105 Å². The van der Waals surface area contributed by atoms with Crippen molar-refractivity contribution in [3.8, 4) is 5.75 Å². The molecule has 2 rings (SSSR count). The molecule has 2 N–H and O–H groups in total. The Balaban J connectivity index is 2.04. The predicted molar refractivity (Wildman–Crippen MR) is 66.9 cm³/mol. The van der Waals surface area contributed by atoms with Crippen LogP contribution in [0.1, 0.15) is 11.5 Å². The van der Waals surface area contributed by atoms with Gasteiger partial charge in [-0.2, -0.15) is 0 Å². The summed E-state index contributed by atoms with van der Waals surface area (Å²) in [7, 11) is 1.92. The lowest BCUT2D eigenvalue weighted by Gasteiger charge is -2.06. The zero-order valence-corrected chi connectivity index (χ0v) is 10.3. The smallest absolute Gasteiger partial charge is 0.146 e.